The number of aromatic hydroxyl groups is 3. The van der Waals surface area contributed by atoms with Crippen molar-refractivity contribution in [1.29, 1.82) is 0 Å². The van der Waals surface area contributed by atoms with Gasteiger partial charge in [-0.05, 0) is 194 Å². The fraction of sp³-hybridized carbons (Fsp3) is 0.682. The minimum atomic E-state index is -0.862. The zero-order chi connectivity index (χ0) is 75.2. The number of hydrogen-bond acceptors (Lipinski definition) is 15. The summed E-state index contributed by atoms with van der Waals surface area (Å²) in [6, 6.07) is 12.0. The Bertz CT molecular complexity index is 3440. The third-order valence-electron chi connectivity index (χ3n) is 23.9. The molecule has 0 radical (unpaired) electrons. The summed E-state index contributed by atoms with van der Waals surface area (Å²) in [6.45, 7) is 34.1. The van der Waals surface area contributed by atoms with Crippen molar-refractivity contribution >= 4 is 17.8 Å². The van der Waals surface area contributed by atoms with E-state index in [-0.39, 0.29) is 87.5 Å². The van der Waals surface area contributed by atoms with Gasteiger partial charge in [-0.15, -0.1) is 0 Å². The van der Waals surface area contributed by atoms with Crippen LogP contribution in [0.4, 0.5) is 0 Å². The first-order valence-electron chi connectivity index (χ1n) is 39.2. The Hall–Kier alpha value is -6.15. The fourth-order valence-electron chi connectivity index (χ4n) is 17.2. The van der Waals surface area contributed by atoms with Crippen LogP contribution in [-0.2, 0) is 49.8 Å². The molecule has 8 aliphatic rings. The number of allylic oxidation sites excluding steroid dienone is 3. The summed E-state index contributed by atoms with van der Waals surface area (Å²) in [7, 11) is 0. The summed E-state index contributed by atoms with van der Waals surface area (Å²) >= 11 is 0. The molecular weight excluding hydrogens is 1300 g/mol. The van der Waals surface area contributed by atoms with Gasteiger partial charge in [0.25, 0.3) is 11.8 Å². The van der Waals surface area contributed by atoms with Gasteiger partial charge in [0.05, 0.1) is 0 Å². The van der Waals surface area contributed by atoms with Crippen LogP contribution in [0.3, 0.4) is 0 Å². The number of rotatable bonds is 24. The van der Waals surface area contributed by atoms with Gasteiger partial charge >= 0.3 is 5.97 Å². The van der Waals surface area contributed by atoms with E-state index in [2.05, 4.69) is 132 Å². The van der Waals surface area contributed by atoms with E-state index in [4.69, 9.17) is 39.6 Å². The Labute approximate surface area is 615 Å². The number of unbranched alkanes of at least 4 members (excludes halogenated alkanes) is 9. The van der Waals surface area contributed by atoms with E-state index in [9.17, 15) is 34.8 Å². The Kier molecular flexibility index (Phi) is 28.8. The fourth-order valence-corrected chi connectivity index (χ4v) is 17.2. The minimum absolute atomic E-state index is 0.00199. The number of ether oxygens (including phenoxy) is 5. The molecule has 0 spiro atoms. The van der Waals surface area contributed by atoms with Crippen molar-refractivity contribution < 1.29 is 73.4 Å². The van der Waals surface area contributed by atoms with Gasteiger partial charge in [-0.3, -0.25) is 19.6 Å². The normalized spacial score (nSPS) is 24.1. The van der Waals surface area contributed by atoms with E-state index in [1.165, 1.54) is 83.5 Å². The summed E-state index contributed by atoms with van der Waals surface area (Å²) in [4.78, 5) is 46.5. The first-order valence-corrected chi connectivity index (χ1v) is 39.2. The average Bonchev–Trinajstić information content (AvgIpc) is 0.749. The van der Waals surface area contributed by atoms with Crippen molar-refractivity contribution in [1.82, 2.24) is 11.0 Å². The lowest BCUT2D eigenvalue weighted by Gasteiger charge is -2.47. The number of carboxylic acids is 1. The molecule has 0 saturated carbocycles. The Morgan fingerprint density at radius 3 is 1.15 bits per heavy atom. The molecule has 18 heteroatoms. The van der Waals surface area contributed by atoms with Gasteiger partial charge in [-0.1, -0.05) is 158 Å². The quantitative estimate of drug-likeness (QED) is 0.0235. The minimum Gasteiger partial charge on any atom is -0.508 e. The van der Waals surface area contributed by atoms with Gasteiger partial charge in [0.1, 0.15) is 51.3 Å². The van der Waals surface area contributed by atoms with E-state index >= 15 is 0 Å². The smallest absolute Gasteiger partial charge is 0.331 e. The van der Waals surface area contributed by atoms with Crippen LogP contribution in [0.2, 0.25) is 0 Å². The molecule has 3 aromatic rings. The van der Waals surface area contributed by atoms with Crippen molar-refractivity contribution in [3.63, 3.8) is 0 Å². The number of benzene rings is 3. The van der Waals surface area contributed by atoms with Crippen LogP contribution >= 0.6 is 0 Å². The topological polar surface area (TPSA) is 267 Å². The maximum absolute atomic E-state index is 13.0. The van der Waals surface area contributed by atoms with Crippen molar-refractivity contribution in [3.05, 3.63) is 105 Å². The number of hydrogen-bond donors (Lipinski definition) is 8. The first kappa shape index (κ1) is 82.5. The summed E-state index contributed by atoms with van der Waals surface area (Å²) in [5, 5.41) is 51.9. The second-order valence-electron chi connectivity index (χ2n) is 34.1. The molecule has 574 valence electrons. The van der Waals surface area contributed by atoms with Gasteiger partial charge < -0.3 is 44.1 Å². The molecule has 0 aromatic heterocycles. The zero-order valence-electron chi connectivity index (χ0n) is 65.2. The molecule has 2 unspecified atom stereocenters. The number of carbonyl (C=O) groups is 3. The highest BCUT2D eigenvalue weighted by molar-refractivity contribution is 5.93. The number of nitrogens with one attached hydrogen (secondary N) is 2. The molecule has 8 atom stereocenters. The SMILES string of the molecule is CCCCCCC(C)(C)c1cc(O)c2c(c1)OC(C)(C)[C@@H]1CC=C(C(=O)NO)C[C@@H]21.CCCCCCC(C)(C)c1cc(O)c2c(c1)OC(C)(C)[C@@H]1CC=C(C(=O)NOC3CCCCO3)C[C@@H]21.CCCCCCC(C)(C)c1cc(O)c2c(c1)OC(C)(C)[C@@H]1CC=C(C(=O)O)C[C@@H]21.NOC1CCCCO1. The van der Waals surface area contributed by atoms with E-state index in [0.29, 0.717) is 61.9 Å². The molecule has 3 aromatic carbocycles. The first-order chi connectivity index (χ1) is 48.7. The van der Waals surface area contributed by atoms with Crippen molar-refractivity contribution in [2.45, 2.75) is 341 Å². The van der Waals surface area contributed by atoms with Gasteiger partial charge in [-0.25, -0.2) is 26.5 Å². The largest absolute Gasteiger partial charge is 0.508 e. The summed E-state index contributed by atoms with van der Waals surface area (Å²) < 4.78 is 30.0. The second kappa shape index (κ2) is 36.0. The zero-order valence-corrected chi connectivity index (χ0v) is 65.2. The monoisotopic (exact) mass is 1430 g/mol. The van der Waals surface area contributed by atoms with Crippen LogP contribution in [0.1, 0.15) is 328 Å². The molecule has 2 saturated heterocycles. The molecule has 3 aliphatic carbocycles. The molecule has 2 amide bonds. The lowest BCUT2D eigenvalue weighted by molar-refractivity contribution is -0.199. The number of carbonyl (C=O) groups excluding carboxylic acids is 2. The average molecular weight is 1430 g/mol. The summed E-state index contributed by atoms with van der Waals surface area (Å²) in [6.07, 6.45) is 32.6. The number of phenols is 3. The molecule has 5 aliphatic heterocycles. The lowest BCUT2D eigenvalue weighted by atomic mass is 9.66. The molecule has 0 bridgehead atoms. The van der Waals surface area contributed by atoms with Gasteiger partial charge in [0.15, 0.2) is 12.6 Å². The van der Waals surface area contributed by atoms with Crippen molar-refractivity contribution in [2.75, 3.05) is 13.2 Å². The highest BCUT2D eigenvalue weighted by Crippen LogP contribution is 2.59. The second-order valence-corrected chi connectivity index (χ2v) is 34.1. The van der Waals surface area contributed by atoms with Crippen molar-refractivity contribution in [2.24, 2.45) is 23.7 Å². The predicted octanol–water partition coefficient (Wildman–Crippen LogP) is 19.3. The molecule has 18 nitrogen and oxygen atoms in total. The molecule has 103 heavy (non-hydrogen) atoms. The predicted molar refractivity (Wildman–Crippen MR) is 404 cm³/mol. The molecule has 5 heterocycles. The Morgan fingerprint density at radius 1 is 0.495 bits per heavy atom. The van der Waals surface area contributed by atoms with Crippen LogP contribution in [-0.4, -0.2) is 86.0 Å². The van der Waals surface area contributed by atoms with Gasteiger partial charge in [0, 0.05) is 95.0 Å². The third-order valence-corrected chi connectivity index (χ3v) is 23.9. The van der Waals surface area contributed by atoms with E-state index in [0.717, 1.165) is 109 Å². The van der Waals surface area contributed by atoms with Crippen LogP contribution < -0.4 is 31.1 Å². The lowest BCUT2D eigenvalue weighted by Crippen LogP contribution is -2.46. The maximum Gasteiger partial charge on any atom is 0.331 e. The summed E-state index contributed by atoms with van der Waals surface area (Å²) in [5.41, 5.74) is 10.3. The van der Waals surface area contributed by atoms with E-state index in [1.54, 1.807) is 5.48 Å². The van der Waals surface area contributed by atoms with Crippen molar-refractivity contribution in [3.8, 4) is 34.5 Å². The number of nitrogens with two attached hydrogens (primary N) is 1. The maximum atomic E-state index is 13.0. The summed E-state index contributed by atoms with van der Waals surface area (Å²) in [5.74, 6) is 6.72. The third kappa shape index (κ3) is 20.7. The van der Waals surface area contributed by atoms with Gasteiger partial charge in [-0.2, -0.15) is 0 Å². The number of carboxylic acid groups (broad SMARTS) is 1. The molecule has 9 N–H and O–H groups in total. The van der Waals surface area contributed by atoms with Gasteiger partial charge in [0.2, 0.25) is 0 Å². The molecule has 2 fully saturated rings. The Morgan fingerprint density at radius 2 is 0.835 bits per heavy atom. The van der Waals surface area contributed by atoms with Crippen LogP contribution in [0, 0.1) is 17.8 Å². The van der Waals surface area contributed by atoms with Crippen LogP contribution in [0.5, 0.6) is 34.5 Å². The number of hydroxylamine groups is 2. The van der Waals surface area contributed by atoms with E-state index < -0.39 is 28.7 Å². The van der Waals surface area contributed by atoms with E-state index in [1.807, 2.05) is 36.4 Å². The molecular formula is C85H129N3O15. The Balaban J connectivity index is 0.000000186. The highest BCUT2D eigenvalue weighted by Gasteiger charge is 2.51. The standard InChI is InChI=1S/C30H45NO5.C25H37NO4.C25H36O4.C5H11NO2/c1-6-7-8-10-15-29(2,3)21-18-24(32)27-22-17-20(28(33)31-36-26-12-9-11-16-34-26)13-14-23(22)30(4,5)35-25(27)19-21;1-6-7-8-9-12-24(2,3)17-14-20(27)22-18-13-16(23(28)26-29)10-11-19(18)25(4,5)30-21(22)15-17;1-6-7-8-9-12-24(2,3)17-14-20(26)22-18-13-16(23(27)28)10-11-19(18)25(4,5)29-21(22)15-17;6-8-5-3-1-2-4-7-5/h13,18-19,22-23,26,32H,6-12,14-17H2,1-5H3,(H,31,33);10,14-15,18-19,27,29H,6-9,11-13H2,1-5H3,(H,26,28);10,14-15,18-19,26H,6-9,11-13H2,1-5H3,(H,27,28);5H,1-4,6H2/t22-,23-,26?;2*18-,19-;/m111./s1. The molecule has 11 rings (SSSR count). The highest BCUT2D eigenvalue weighted by atomic mass is 16.8. The van der Waals surface area contributed by atoms with Crippen LogP contribution in [0.25, 0.3) is 0 Å². The number of aliphatic carboxylic acids is 1. The number of amides is 2. The number of phenolic OH excluding ortho intramolecular Hbond substituents is 3. The number of fused-ring (bicyclic) bond motifs is 9. The van der Waals surface area contributed by atoms with Crippen LogP contribution in [0.15, 0.2) is 71.3 Å².